The number of benzene rings is 2. The quantitative estimate of drug-likeness (QED) is 0.494. The number of carbonyl (C=O) groups excluding carboxylic acids is 1. The van der Waals surface area contributed by atoms with Crippen LogP contribution in [0, 0.1) is 0 Å². The molecule has 0 unspecified atom stereocenters. The van der Waals surface area contributed by atoms with Gasteiger partial charge < -0.3 is 5.32 Å². The number of amides is 1. The summed E-state index contributed by atoms with van der Waals surface area (Å²) < 4.78 is 64.9. The number of rotatable bonds is 7. The van der Waals surface area contributed by atoms with Crippen LogP contribution in [0.1, 0.15) is 15.9 Å². The van der Waals surface area contributed by atoms with Crippen molar-refractivity contribution in [1.29, 1.82) is 0 Å². The van der Waals surface area contributed by atoms with Gasteiger partial charge in [0.05, 0.1) is 4.90 Å². The molecule has 6 nitrogen and oxygen atoms in total. The molecule has 0 aliphatic carbocycles. The Kier molecular flexibility index (Phi) is 6.68. The predicted octanol–water partition coefficient (Wildman–Crippen LogP) is 4.49. The van der Waals surface area contributed by atoms with E-state index in [0.29, 0.717) is 5.56 Å². The lowest BCUT2D eigenvalue weighted by Crippen LogP contribution is -2.23. The van der Waals surface area contributed by atoms with Crippen LogP contribution in [-0.4, -0.2) is 24.8 Å². The van der Waals surface area contributed by atoms with Crippen LogP contribution in [0.25, 0.3) is 0 Å². The van der Waals surface area contributed by atoms with Gasteiger partial charge >= 0.3 is 5.51 Å². The molecule has 12 heteroatoms. The third kappa shape index (κ3) is 5.97. The number of halogens is 3. The summed E-state index contributed by atoms with van der Waals surface area (Å²) >= 11 is 0.875. The van der Waals surface area contributed by atoms with E-state index in [1.807, 2.05) is 0 Å². The number of nitrogens with zero attached hydrogens (tertiary/aromatic N) is 1. The van der Waals surface area contributed by atoms with Crippen molar-refractivity contribution in [1.82, 2.24) is 10.3 Å². The first-order valence-electron chi connectivity index (χ1n) is 8.28. The Balaban J connectivity index is 1.66. The highest BCUT2D eigenvalue weighted by molar-refractivity contribution is 8.00. The molecule has 1 amide bonds. The second kappa shape index (κ2) is 9.06. The Labute approximate surface area is 178 Å². The molecule has 2 N–H and O–H groups in total. The molecular formula is C18H14F3N3O3S3. The van der Waals surface area contributed by atoms with Gasteiger partial charge in [0, 0.05) is 28.6 Å². The van der Waals surface area contributed by atoms with Gasteiger partial charge in [0.1, 0.15) is 0 Å². The molecule has 0 radical (unpaired) electrons. The maximum atomic E-state index is 12.7. The van der Waals surface area contributed by atoms with Crippen molar-refractivity contribution in [2.45, 2.75) is 21.8 Å². The highest BCUT2D eigenvalue weighted by Gasteiger charge is 2.30. The Bertz CT molecular complexity index is 1120. The van der Waals surface area contributed by atoms with Crippen LogP contribution in [0.5, 0.6) is 0 Å². The highest BCUT2D eigenvalue weighted by Crippen LogP contribution is 2.38. The highest BCUT2D eigenvalue weighted by atomic mass is 32.2. The molecule has 1 aromatic heterocycles. The monoisotopic (exact) mass is 473 g/mol. The lowest BCUT2D eigenvalue weighted by molar-refractivity contribution is -0.0328. The molecule has 0 bridgehead atoms. The molecule has 0 saturated carbocycles. The van der Waals surface area contributed by atoms with E-state index in [2.05, 4.69) is 15.0 Å². The standard InChI is InChI=1S/C18H14F3N3O3S3/c19-18(20,21)29-15-4-2-1-3-13(15)11-23-16(25)12-5-7-14(8-6-12)30(26,27)24-17-22-9-10-28-17/h1-10H,11H2,(H,22,24)(H,23,25). The number of carbonyl (C=O) groups is 1. The normalized spacial score (nSPS) is 11.8. The zero-order valence-corrected chi connectivity index (χ0v) is 17.5. The van der Waals surface area contributed by atoms with E-state index in [1.54, 1.807) is 11.4 Å². The van der Waals surface area contributed by atoms with Crippen molar-refractivity contribution in [3.63, 3.8) is 0 Å². The minimum absolute atomic E-state index is 0.00000206. The molecule has 158 valence electrons. The summed E-state index contributed by atoms with van der Waals surface area (Å²) in [7, 11) is -3.85. The van der Waals surface area contributed by atoms with Gasteiger partial charge in [-0.3, -0.25) is 9.52 Å². The fraction of sp³-hybridized carbons (Fsp3) is 0.111. The second-order valence-corrected chi connectivity index (χ2v) is 9.49. The van der Waals surface area contributed by atoms with Crippen LogP contribution in [0.15, 0.2) is 69.9 Å². The number of hydrogen-bond donors (Lipinski definition) is 2. The molecule has 0 atom stereocenters. The van der Waals surface area contributed by atoms with Gasteiger partial charge in [-0.15, -0.1) is 11.3 Å². The Morgan fingerprint density at radius 1 is 1.10 bits per heavy atom. The van der Waals surface area contributed by atoms with Crippen LogP contribution in [0.4, 0.5) is 18.3 Å². The van der Waals surface area contributed by atoms with Crippen LogP contribution >= 0.6 is 23.1 Å². The lowest BCUT2D eigenvalue weighted by atomic mass is 10.2. The van der Waals surface area contributed by atoms with Crippen molar-refractivity contribution in [3.05, 3.63) is 71.2 Å². The SMILES string of the molecule is O=C(NCc1ccccc1SC(F)(F)F)c1ccc(S(=O)(=O)Nc2nccs2)cc1. The largest absolute Gasteiger partial charge is 0.446 e. The minimum Gasteiger partial charge on any atom is -0.348 e. The summed E-state index contributed by atoms with van der Waals surface area (Å²) in [5.41, 5.74) is -3.95. The van der Waals surface area contributed by atoms with E-state index >= 15 is 0 Å². The fourth-order valence-corrected chi connectivity index (χ4v) is 4.84. The topological polar surface area (TPSA) is 88.2 Å². The molecule has 0 saturated heterocycles. The Morgan fingerprint density at radius 3 is 2.43 bits per heavy atom. The van der Waals surface area contributed by atoms with Crippen LogP contribution < -0.4 is 10.0 Å². The third-order valence-electron chi connectivity index (χ3n) is 3.72. The predicted molar refractivity (Wildman–Crippen MR) is 109 cm³/mol. The van der Waals surface area contributed by atoms with E-state index in [9.17, 15) is 26.4 Å². The van der Waals surface area contributed by atoms with Crippen molar-refractivity contribution in [2.24, 2.45) is 0 Å². The van der Waals surface area contributed by atoms with Gasteiger partial charge in [-0.1, -0.05) is 18.2 Å². The Hall–Kier alpha value is -2.57. The fourth-order valence-electron chi connectivity index (χ4n) is 2.38. The zero-order valence-electron chi connectivity index (χ0n) is 15.0. The molecular weight excluding hydrogens is 459 g/mol. The number of hydrogen-bond acceptors (Lipinski definition) is 6. The van der Waals surface area contributed by atoms with Crippen LogP contribution in [-0.2, 0) is 16.6 Å². The molecule has 1 heterocycles. The minimum atomic E-state index is -4.44. The maximum absolute atomic E-state index is 12.7. The van der Waals surface area contributed by atoms with Crippen molar-refractivity contribution in [2.75, 3.05) is 4.72 Å². The number of alkyl halides is 3. The summed E-state index contributed by atoms with van der Waals surface area (Å²) in [5.74, 6) is -0.543. The molecule has 0 fully saturated rings. The van der Waals surface area contributed by atoms with E-state index in [0.717, 1.165) is 11.3 Å². The van der Waals surface area contributed by atoms with Gasteiger partial charge in [0.15, 0.2) is 5.13 Å². The van der Waals surface area contributed by atoms with Gasteiger partial charge in [0.2, 0.25) is 0 Å². The summed E-state index contributed by atoms with van der Waals surface area (Å²) in [5, 5.41) is 4.38. The first-order valence-corrected chi connectivity index (χ1v) is 11.5. The van der Waals surface area contributed by atoms with E-state index < -0.39 is 21.4 Å². The number of nitrogens with one attached hydrogen (secondary N) is 2. The van der Waals surface area contributed by atoms with Gasteiger partial charge in [-0.2, -0.15) is 13.2 Å². The van der Waals surface area contributed by atoms with Gasteiger partial charge in [0.25, 0.3) is 15.9 Å². The number of thioether (sulfide) groups is 1. The molecule has 0 spiro atoms. The molecule has 3 aromatic rings. The summed E-state index contributed by atoms with van der Waals surface area (Å²) in [4.78, 5) is 16.1. The number of anilines is 1. The number of thiazole rings is 1. The first-order chi connectivity index (χ1) is 14.1. The smallest absolute Gasteiger partial charge is 0.348 e. The van der Waals surface area contributed by atoms with Gasteiger partial charge in [-0.05, 0) is 47.7 Å². The van der Waals surface area contributed by atoms with E-state index in [-0.39, 0.29) is 38.8 Å². The van der Waals surface area contributed by atoms with Crippen molar-refractivity contribution in [3.8, 4) is 0 Å². The average Bonchev–Trinajstić information content (AvgIpc) is 3.18. The molecule has 3 rings (SSSR count). The van der Waals surface area contributed by atoms with Crippen LogP contribution in [0.2, 0.25) is 0 Å². The third-order valence-corrected chi connectivity index (χ3v) is 6.74. The summed E-state index contributed by atoms with van der Waals surface area (Å²) in [6.45, 7) is -0.107. The first kappa shape index (κ1) is 22.1. The second-order valence-electron chi connectivity index (χ2n) is 5.81. The van der Waals surface area contributed by atoms with Crippen molar-refractivity contribution < 1.29 is 26.4 Å². The molecule has 2 aromatic carbocycles. The summed E-state index contributed by atoms with van der Waals surface area (Å²) in [6.07, 6.45) is 1.46. The van der Waals surface area contributed by atoms with E-state index in [4.69, 9.17) is 0 Å². The molecule has 0 aliphatic heterocycles. The number of aromatic nitrogens is 1. The number of sulfonamides is 1. The van der Waals surface area contributed by atoms with Crippen molar-refractivity contribution >= 4 is 44.2 Å². The molecule has 0 aliphatic rings. The lowest BCUT2D eigenvalue weighted by Gasteiger charge is -2.12. The molecule has 30 heavy (non-hydrogen) atoms. The average molecular weight is 474 g/mol. The Morgan fingerprint density at radius 2 is 1.80 bits per heavy atom. The van der Waals surface area contributed by atoms with E-state index in [1.165, 1.54) is 48.7 Å². The van der Waals surface area contributed by atoms with Gasteiger partial charge in [-0.25, -0.2) is 13.4 Å². The zero-order chi connectivity index (χ0) is 21.8. The summed E-state index contributed by atoms with van der Waals surface area (Å²) in [6, 6.07) is 11.1. The van der Waals surface area contributed by atoms with Crippen LogP contribution in [0.3, 0.4) is 0 Å². The maximum Gasteiger partial charge on any atom is 0.446 e.